The maximum atomic E-state index is 13.3. The molecule has 0 bridgehead atoms. The largest absolute Gasteiger partial charge is 0.493 e. The van der Waals surface area contributed by atoms with E-state index in [1.165, 1.54) is 37.6 Å². The number of benzene rings is 2. The number of carbonyl (C=O) groups excluding carboxylic acids is 1. The first kappa shape index (κ1) is 30.4. The zero-order chi connectivity index (χ0) is 28.8. The van der Waals surface area contributed by atoms with Gasteiger partial charge in [0, 0.05) is 6.54 Å². The van der Waals surface area contributed by atoms with E-state index in [0.717, 1.165) is 37.0 Å². The number of carbonyl (C=O) groups is 1. The van der Waals surface area contributed by atoms with Crippen LogP contribution in [0.1, 0.15) is 41.0 Å². The van der Waals surface area contributed by atoms with Crippen molar-refractivity contribution in [3.63, 3.8) is 0 Å². The quantitative estimate of drug-likeness (QED) is 0.150. The number of likely N-dealkylation sites (tertiary alicyclic amines) is 1. The van der Waals surface area contributed by atoms with Gasteiger partial charge >= 0.3 is 10.1 Å². The molecule has 1 aliphatic rings. The summed E-state index contributed by atoms with van der Waals surface area (Å²) in [5.74, 6) is -0.488. The second-order valence-electron chi connectivity index (χ2n) is 9.07. The molecule has 2 aromatic carbocycles. The molecular weight excluding hydrogens is 590 g/mol. The Morgan fingerprint density at radius 3 is 2.57 bits per heavy atom. The van der Waals surface area contributed by atoms with E-state index in [1.807, 2.05) is 0 Å². The minimum absolute atomic E-state index is 0. The average Bonchev–Trinajstić information content (AvgIpc) is 3.60. The molecule has 4 aromatic rings. The van der Waals surface area contributed by atoms with Gasteiger partial charge < -0.3 is 14.7 Å². The number of amides is 1. The van der Waals surface area contributed by atoms with Gasteiger partial charge in [-0.15, -0.1) is 17.5 Å². The van der Waals surface area contributed by atoms with Gasteiger partial charge in [-0.2, -0.15) is 18.2 Å². The van der Waals surface area contributed by atoms with Crippen LogP contribution in [0, 0.1) is 0 Å². The van der Waals surface area contributed by atoms with Crippen LogP contribution in [-0.4, -0.2) is 70.9 Å². The first-order chi connectivity index (χ1) is 19.9. The predicted octanol–water partition coefficient (Wildman–Crippen LogP) is 2.18. The van der Waals surface area contributed by atoms with Crippen LogP contribution >= 0.6 is 12.4 Å². The standard InChI is InChI=1S/C25H27N9O6S.ClH/c1-38-21-14-17(10-11-20(21)39-41(36,37)18-8-4-2-5-9-18)15-27-29-25(35)22-19(16-33-12-6-3-7-13-33)28-32-34(22)24-23(26)30-40-31-24;/h2,4-5,8-11,14-15H,3,6-7,12-13,16H2,1H3,(H2,26,30)(H,29,35);1H/b27-15+;. The van der Waals surface area contributed by atoms with E-state index in [-0.39, 0.29) is 46.1 Å². The summed E-state index contributed by atoms with van der Waals surface area (Å²) in [6, 6.07) is 12.3. The molecular formula is C25H28ClN9O6S. The smallest absolute Gasteiger partial charge is 0.339 e. The summed E-state index contributed by atoms with van der Waals surface area (Å²) in [5.41, 5.74) is 9.31. The first-order valence-corrected chi connectivity index (χ1v) is 14.0. The van der Waals surface area contributed by atoms with E-state index < -0.39 is 16.0 Å². The monoisotopic (exact) mass is 617 g/mol. The molecule has 3 N–H and O–H groups in total. The number of hydrogen-bond donors (Lipinski definition) is 2. The Morgan fingerprint density at radius 1 is 1.12 bits per heavy atom. The third kappa shape index (κ3) is 6.84. The highest BCUT2D eigenvalue weighted by Crippen LogP contribution is 2.30. The molecule has 1 aliphatic heterocycles. The first-order valence-electron chi connectivity index (χ1n) is 12.6. The van der Waals surface area contributed by atoms with E-state index in [9.17, 15) is 13.2 Å². The van der Waals surface area contributed by atoms with Crippen molar-refractivity contribution in [2.75, 3.05) is 25.9 Å². The van der Waals surface area contributed by atoms with E-state index in [0.29, 0.717) is 17.8 Å². The summed E-state index contributed by atoms with van der Waals surface area (Å²) in [6.45, 7) is 2.17. The lowest BCUT2D eigenvalue weighted by atomic mass is 10.1. The number of hydrogen-bond acceptors (Lipinski definition) is 13. The van der Waals surface area contributed by atoms with Crippen LogP contribution < -0.4 is 20.1 Å². The average molecular weight is 618 g/mol. The topological polar surface area (TPSA) is 193 Å². The van der Waals surface area contributed by atoms with Gasteiger partial charge in [-0.05, 0) is 72.1 Å². The summed E-state index contributed by atoms with van der Waals surface area (Å²) in [5, 5.41) is 19.6. The fourth-order valence-electron chi connectivity index (χ4n) is 4.27. The lowest BCUT2D eigenvalue weighted by Crippen LogP contribution is -2.31. The van der Waals surface area contributed by atoms with Crippen LogP contribution in [0.3, 0.4) is 0 Å². The van der Waals surface area contributed by atoms with Gasteiger partial charge in [-0.25, -0.2) is 10.1 Å². The molecule has 15 nitrogen and oxygen atoms in total. The molecule has 1 amide bonds. The van der Waals surface area contributed by atoms with Gasteiger partial charge in [-0.1, -0.05) is 29.8 Å². The third-order valence-electron chi connectivity index (χ3n) is 6.27. The van der Waals surface area contributed by atoms with Gasteiger partial charge in [0.25, 0.3) is 5.91 Å². The lowest BCUT2D eigenvalue weighted by molar-refractivity contribution is 0.0944. The molecule has 5 rings (SSSR count). The predicted molar refractivity (Wildman–Crippen MR) is 152 cm³/mol. The van der Waals surface area contributed by atoms with Gasteiger partial charge in [0.2, 0.25) is 11.6 Å². The fourth-order valence-corrected chi connectivity index (χ4v) is 5.23. The van der Waals surface area contributed by atoms with Crippen molar-refractivity contribution in [1.29, 1.82) is 0 Å². The number of nitrogen functional groups attached to an aromatic ring is 1. The number of halogens is 1. The van der Waals surface area contributed by atoms with Crippen LogP contribution in [0.15, 0.2) is 63.2 Å². The maximum absolute atomic E-state index is 13.3. The molecule has 0 saturated carbocycles. The number of nitrogens with one attached hydrogen (secondary N) is 1. The Morgan fingerprint density at radius 2 is 1.88 bits per heavy atom. The van der Waals surface area contributed by atoms with E-state index in [1.54, 1.807) is 24.3 Å². The second kappa shape index (κ2) is 13.4. The number of hydrazone groups is 1. The number of methoxy groups -OCH3 is 1. The fraction of sp³-hybridized carbons (Fsp3) is 0.280. The molecule has 0 aliphatic carbocycles. The molecule has 1 saturated heterocycles. The van der Waals surface area contributed by atoms with Crippen molar-refractivity contribution in [1.82, 2.24) is 35.6 Å². The number of piperidine rings is 1. The normalized spacial score (nSPS) is 13.9. The van der Waals surface area contributed by atoms with E-state index in [4.69, 9.17) is 14.7 Å². The number of anilines is 1. The van der Waals surface area contributed by atoms with Crippen LogP contribution in [0.25, 0.3) is 5.82 Å². The van der Waals surface area contributed by atoms with Gasteiger partial charge in [0.05, 0.1) is 13.3 Å². The molecule has 0 atom stereocenters. The van der Waals surface area contributed by atoms with Gasteiger partial charge in [0.1, 0.15) is 10.6 Å². The number of nitrogens with zero attached hydrogens (tertiary/aromatic N) is 7. The highest BCUT2D eigenvalue weighted by Gasteiger charge is 2.26. The van der Waals surface area contributed by atoms with Crippen LogP contribution in [-0.2, 0) is 16.7 Å². The van der Waals surface area contributed by atoms with Crippen molar-refractivity contribution in [3.05, 3.63) is 65.5 Å². The minimum atomic E-state index is -4.07. The van der Waals surface area contributed by atoms with Crippen molar-refractivity contribution in [2.45, 2.75) is 30.7 Å². The van der Waals surface area contributed by atoms with E-state index in [2.05, 4.69) is 40.7 Å². The van der Waals surface area contributed by atoms with Crippen molar-refractivity contribution in [3.8, 4) is 17.3 Å². The lowest BCUT2D eigenvalue weighted by Gasteiger charge is -2.25. The van der Waals surface area contributed by atoms with Gasteiger partial charge in [-0.3, -0.25) is 9.69 Å². The summed E-state index contributed by atoms with van der Waals surface area (Å²) < 4.78 is 41.7. The SMILES string of the molecule is COc1cc(/C=N/NC(=O)c2c(CN3CCCCC3)nnn2-c2nonc2N)ccc1OS(=O)(=O)c1ccccc1.Cl. The Bertz CT molecular complexity index is 1650. The number of rotatable bonds is 10. The Kier molecular flexibility index (Phi) is 9.72. The summed E-state index contributed by atoms with van der Waals surface area (Å²) in [6.07, 6.45) is 4.64. The zero-order valence-electron chi connectivity index (χ0n) is 22.4. The molecule has 0 spiro atoms. The third-order valence-corrected chi connectivity index (χ3v) is 7.52. The van der Waals surface area contributed by atoms with Crippen LogP contribution in [0.4, 0.5) is 5.82 Å². The van der Waals surface area contributed by atoms with Crippen molar-refractivity contribution in [2.24, 2.45) is 5.10 Å². The Labute approximate surface area is 247 Å². The van der Waals surface area contributed by atoms with Crippen LogP contribution in [0.2, 0.25) is 0 Å². The molecule has 3 heterocycles. The van der Waals surface area contributed by atoms with Gasteiger partial charge in [0.15, 0.2) is 17.2 Å². The van der Waals surface area contributed by atoms with Crippen molar-refractivity contribution >= 4 is 40.5 Å². The molecule has 17 heteroatoms. The van der Waals surface area contributed by atoms with Crippen LogP contribution in [0.5, 0.6) is 11.5 Å². The number of ether oxygens (including phenoxy) is 1. The molecule has 1 fully saturated rings. The second-order valence-corrected chi connectivity index (χ2v) is 10.6. The Hall–Kier alpha value is -4.54. The summed E-state index contributed by atoms with van der Waals surface area (Å²) in [4.78, 5) is 15.5. The summed E-state index contributed by atoms with van der Waals surface area (Å²) >= 11 is 0. The zero-order valence-corrected chi connectivity index (χ0v) is 24.0. The minimum Gasteiger partial charge on any atom is -0.493 e. The summed E-state index contributed by atoms with van der Waals surface area (Å²) in [7, 11) is -2.69. The molecule has 2 aromatic heterocycles. The van der Waals surface area contributed by atoms with Crippen molar-refractivity contribution < 1.29 is 26.8 Å². The molecule has 42 heavy (non-hydrogen) atoms. The molecule has 222 valence electrons. The molecule has 0 radical (unpaired) electrons. The number of aromatic nitrogens is 5. The van der Waals surface area contributed by atoms with E-state index >= 15 is 0 Å². The highest BCUT2D eigenvalue weighted by atomic mass is 35.5. The highest BCUT2D eigenvalue weighted by molar-refractivity contribution is 7.87. The maximum Gasteiger partial charge on any atom is 0.339 e. The number of nitrogens with two attached hydrogens (primary N) is 1. The molecule has 0 unspecified atom stereocenters. The Balaban J connectivity index is 0.00000405.